The number of anilines is 3. The van der Waals surface area contributed by atoms with Gasteiger partial charge in [0.05, 0.1) is 6.54 Å². The number of carboxylic acid groups (broad SMARTS) is 2. The molecule has 1 saturated heterocycles. The van der Waals surface area contributed by atoms with Crippen molar-refractivity contribution in [1.82, 2.24) is 14.9 Å². The molecule has 0 aliphatic carbocycles. The van der Waals surface area contributed by atoms with Gasteiger partial charge in [0.15, 0.2) is 0 Å². The van der Waals surface area contributed by atoms with E-state index >= 15 is 0 Å². The second-order valence-electron chi connectivity index (χ2n) is 8.60. The first kappa shape index (κ1) is 28.9. The summed E-state index contributed by atoms with van der Waals surface area (Å²) in [5.41, 5.74) is 6.78. The van der Waals surface area contributed by atoms with E-state index in [0.29, 0.717) is 49.1 Å². The Bertz CT molecular complexity index is 1320. The number of hydrogen-bond acceptors (Lipinski definition) is 9. The van der Waals surface area contributed by atoms with Gasteiger partial charge in [-0.15, -0.1) is 13.2 Å². The summed E-state index contributed by atoms with van der Waals surface area (Å²) in [4.78, 5) is 34.7. The van der Waals surface area contributed by atoms with Crippen LogP contribution in [0.3, 0.4) is 0 Å². The molecule has 2 aromatic heterocycles. The van der Waals surface area contributed by atoms with E-state index in [-0.39, 0.29) is 5.82 Å². The summed E-state index contributed by atoms with van der Waals surface area (Å²) in [5, 5.41) is 16.4. The Kier molecular flexibility index (Phi) is 10.2. The van der Waals surface area contributed by atoms with E-state index in [2.05, 4.69) is 27.9 Å². The first-order valence-electron chi connectivity index (χ1n) is 12.1. The molecule has 0 unspecified atom stereocenters. The predicted molar refractivity (Wildman–Crippen MR) is 147 cm³/mol. The van der Waals surface area contributed by atoms with Crippen LogP contribution >= 0.6 is 0 Å². The Morgan fingerprint density at radius 1 is 1.03 bits per heavy atom. The summed E-state index contributed by atoms with van der Waals surface area (Å²) in [5.74, 6) is -0.0927. The van der Waals surface area contributed by atoms with Gasteiger partial charge < -0.3 is 30.2 Å². The van der Waals surface area contributed by atoms with Crippen molar-refractivity contribution in [1.29, 1.82) is 0 Å². The van der Waals surface area contributed by atoms with Crippen LogP contribution in [-0.4, -0.2) is 76.3 Å². The fourth-order valence-electron chi connectivity index (χ4n) is 3.94. The number of carboxylic acids is 2. The number of halogens is 1. The van der Waals surface area contributed by atoms with Crippen LogP contribution in [0.4, 0.5) is 22.0 Å². The van der Waals surface area contributed by atoms with Gasteiger partial charge in [-0.25, -0.2) is 14.0 Å². The topological polar surface area (TPSA) is 149 Å². The number of fused-ring (bicyclic) bond motifs is 1. The summed E-state index contributed by atoms with van der Waals surface area (Å²) < 4.78 is 19.3. The Morgan fingerprint density at radius 3 is 2.26 bits per heavy atom. The third-order valence-corrected chi connectivity index (χ3v) is 5.68. The SMILES string of the molecule is C=CCN(CC=C)c1nc(N)cc(N2CCN(Cc3cc4cc(F)ccc4o3)CC2)n1.O=C(O)C=CC(=O)O. The molecule has 3 aromatic rings. The van der Waals surface area contributed by atoms with Crippen LogP contribution in [0, 0.1) is 5.82 Å². The molecule has 4 rings (SSSR count). The summed E-state index contributed by atoms with van der Waals surface area (Å²) >= 11 is 0. The molecule has 1 aliphatic heterocycles. The molecule has 0 bridgehead atoms. The van der Waals surface area contributed by atoms with Gasteiger partial charge in [0.1, 0.15) is 28.8 Å². The molecule has 1 fully saturated rings. The number of nitrogen functional groups attached to an aromatic ring is 1. The standard InChI is InChI=1S/C23H27FN6O.C4H4O4/c1-3-7-30(8-4-2)23-26-21(25)15-22(27-23)29-11-9-28(10-12-29)16-19-14-17-13-18(24)5-6-20(17)31-19;5-3(6)1-2-4(7)8/h3-6,13-15H,1-2,7-12,16H2,(H2,25,26,27);1-2H,(H,5,6)(H,7,8). The molecule has 11 nitrogen and oxygen atoms in total. The minimum absolute atomic E-state index is 0.253. The Labute approximate surface area is 225 Å². The van der Waals surface area contributed by atoms with Gasteiger partial charge in [-0.1, -0.05) is 12.2 Å². The number of rotatable bonds is 10. The molecular weight excluding hydrogens is 507 g/mol. The summed E-state index contributed by atoms with van der Waals surface area (Å²) in [7, 11) is 0. The van der Waals surface area contributed by atoms with Crippen LogP contribution in [0.15, 0.2) is 72.2 Å². The molecule has 0 radical (unpaired) electrons. The van der Waals surface area contributed by atoms with Crippen molar-refractivity contribution in [3.63, 3.8) is 0 Å². The van der Waals surface area contributed by atoms with Crippen LogP contribution in [0.2, 0.25) is 0 Å². The van der Waals surface area contributed by atoms with Crippen molar-refractivity contribution >= 4 is 40.5 Å². The molecule has 206 valence electrons. The van der Waals surface area contributed by atoms with Gasteiger partial charge >= 0.3 is 11.9 Å². The van der Waals surface area contributed by atoms with Gasteiger partial charge in [-0.3, -0.25) is 4.90 Å². The highest BCUT2D eigenvalue weighted by Crippen LogP contribution is 2.24. The van der Waals surface area contributed by atoms with Gasteiger partial charge in [0.25, 0.3) is 0 Å². The van der Waals surface area contributed by atoms with E-state index in [1.54, 1.807) is 18.2 Å². The lowest BCUT2D eigenvalue weighted by atomic mass is 10.2. The molecule has 1 aromatic carbocycles. The third kappa shape index (κ3) is 8.68. The number of nitrogens with two attached hydrogens (primary N) is 1. The lowest BCUT2D eigenvalue weighted by Gasteiger charge is -2.35. The first-order chi connectivity index (χ1) is 18.7. The number of aliphatic carboxylic acids is 2. The number of carbonyl (C=O) groups is 2. The number of benzene rings is 1. The summed E-state index contributed by atoms with van der Waals surface area (Å²) in [6, 6.07) is 8.31. The maximum atomic E-state index is 13.4. The largest absolute Gasteiger partial charge is 0.478 e. The van der Waals surface area contributed by atoms with Crippen LogP contribution in [0.1, 0.15) is 5.76 Å². The quantitative estimate of drug-likeness (QED) is 0.258. The monoisotopic (exact) mass is 538 g/mol. The second kappa shape index (κ2) is 13.7. The Balaban J connectivity index is 0.000000459. The lowest BCUT2D eigenvalue weighted by molar-refractivity contribution is -0.134. The molecule has 0 amide bonds. The van der Waals surface area contributed by atoms with Gasteiger partial charge in [-0.05, 0) is 24.3 Å². The lowest BCUT2D eigenvalue weighted by Crippen LogP contribution is -2.46. The molecule has 0 saturated carbocycles. The van der Waals surface area contributed by atoms with Crippen molar-refractivity contribution in [2.24, 2.45) is 0 Å². The second-order valence-corrected chi connectivity index (χ2v) is 8.60. The van der Waals surface area contributed by atoms with Gasteiger partial charge in [0, 0.05) is 62.9 Å². The van der Waals surface area contributed by atoms with Crippen molar-refractivity contribution in [2.75, 3.05) is 54.8 Å². The van der Waals surface area contributed by atoms with E-state index < -0.39 is 11.9 Å². The van der Waals surface area contributed by atoms with Gasteiger partial charge in [-0.2, -0.15) is 9.97 Å². The van der Waals surface area contributed by atoms with Gasteiger partial charge in [0.2, 0.25) is 5.95 Å². The average molecular weight is 539 g/mol. The van der Waals surface area contributed by atoms with Crippen LogP contribution in [-0.2, 0) is 16.1 Å². The molecule has 1 aliphatic rings. The minimum Gasteiger partial charge on any atom is -0.478 e. The van der Waals surface area contributed by atoms with Crippen molar-refractivity contribution in [3.8, 4) is 0 Å². The van der Waals surface area contributed by atoms with Crippen LogP contribution in [0.5, 0.6) is 0 Å². The van der Waals surface area contributed by atoms with E-state index in [1.807, 2.05) is 17.0 Å². The molecule has 4 N–H and O–H groups in total. The van der Waals surface area contributed by atoms with Crippen molar-refractivity contribution < 1.29 is 28.6 Å². The third-order valence-electron chi connectivity index (χ3n) is 5.68. The van der Waals surface area contributed by atoms with E-state index in [9.17, 15) is 14.0 Å². The Hall–Kier alpha value is -4.71. The predicted octanol–water partition coefficient (Wildman–Crippen LogP) is 3.16. The fourth-order valence-corrected chi connectivity index (χ4v) is 3.94. The molecule has 0 atom stereocenters. The number of hydrogen-bond donors (Lipinski definition) is 3. The zero-order chi connectivity index (χ0) is 28.4. The van der Waals surface area contributed by atoms with E-state index in [4.69, 9.17) is 25.3 Å². The Morgan fingerprint density at radius 2 is 1.67 bits per heavy atom. The number of nitrogens with zero attached hydrogens (tertiary/aromatic N) is 5. The molecule has 12 heteroatoms. The van der Waals surface area contributed by atoms with Crippen molar-refractivity contribution in [2.45, 2.75) is 6.54 Å². The molecule has 3 heterocycles. The molecule has 0 spiro atoms. The summed E-state index contributed by atoms with van der Waals surface area (Å²) in [6.45, 7) is 12.9. The molecular formula is C27H31FN6O5. The van der Waals surface area contributed by atoms with E-state index in [1.165, 1.54) is 12.1 Å². The number of piperazine rings is 1. The normalized spacial score (nSPS) is 13.6. The van der Waals surface area contributed by atoms with Crippen LogP contribution in [0.25, 0.3) is 11.0 Å². The smallest absolute Gasteiger partial charge is 0.328 e. The zero-order valence-corrected chi connectivity index (χ0v) is 21.4. The number of aromatic nitrogens is 2. The number of furan rings is 1. The average Bonchev–Trinajstić information content (AvgIpc) is 3.29. The highest BCUT2D eigenvalue weighted by Gasteiger charge is 2.21. The summed E-state index contributed by atoms with van der Waals surface area (Å²) in [6.07, 6.45) is 4.73. The highest BCUT2D eigenvalue weighted by molar-refractivity contribution is 5.89. The van der Waals surface area contributed by atoms with Crippen LogP contribution < -0.4 is 15.5 Å². The fraction of sp³-hybridized carbons (Fsp3) is 0.259. The maximum absolute atomic E-state index is 13.4. The molecule has 39 heavy (non-hydrogen) atoms. The maximum Gasteiger partial charge on any atom is 0.328 e. The minimum atomic E-state index is -1.26. The van der Waals surface area contributed by atoms with E-state index in [0.717, 1.165) is 43.1 Å². The van der Waals surface area contributed by atoms with Crippen molar-refractivity contribution in [3.05, 3.63) is 79.4 Å². The first-order valence-corrected chi connectivity index (χ1v) is 12.1. The highest BCUT2D eigenvalue weighted by atomic mass is 19.1. The zero-order valence-electron chi connectivity index (χ0n) is 21.4.